The fourth-order valence-electron chi connectivity index (χ4n) is 1.39. The van der Waals surface area contributed by atoms with Crippen LogP contribution in [0.1, 0.15) is 23.2 Å². The van der Waals surface area contributed by atoms with Crippen LogP contribution < -0.4 is 5.73 Å². The molecular weight excluding hydrogens is 210 g/mol. The van der Waals surface area contributed by atoms with Crippen molar-refractivity contribution in [1.82, 2.24) is 9.55 Å². The SMILES string of the molecule is COC(=O)c1nc(C)n(CC(C)OC)c1N. The molecule has 0 amide bonds. The summed E-state index contributed by atoms with van der Waals surface area (Å²) in [6, 6.07) is 0. The number of hydrogen-bond donors (Lipinski definition) is 1. The van der Waals surface area contributed by atoms with Crippen LogP contribution in [0, 0.1) is 6.92 Å². The summed E-state index contributed by atoms with van der Waals surface area (Å²) in [4.78, 5) is 15.4. The lowest BCUT2D eigenvalue weighted by Crippen LogP contribution is -2.17. The van der Waals surface area contributed by atoms with Crippen molar-refractivity contribution in [1.29, 1.82) is 0 Å². The molecule has 1 atom stereocenters. The minimum atomic E-state index is -0.524. The predicted octanol–water partition coefficient (Wildman–Crippen LogP) is 0.595. The van der Waals surface area contributed by atoms with Gasteiger partial charge < -0.3 is 19.8 Å². The fourth-order valence-corrected chi connectivity index (χ4v) is 1.39. The van der Waals surface area contributed by atoms with Crippen LogP contribution in [0.5, 0.6) is 0 Å². The first-order chi connectivity index (χ1) is 7.51. The Hall–Kier alpha value is -1.56. The molecule has 90 valence electrons. The summed E-state index contributed by atoms with van der Waals surface area (Å²) < 4.78 is 11.5. The van der Waals surface area contributed by atoms with Gasteiger partial charge in [0, 0.05) is 7.11 Å². The number of methoxy groups -OCH3 is 2. The molecule has 1 rings (SSSR count). The Labute approximate surface area is 94.4 Å². The Kier molecular flexibility index (Phi) is 3.89. The molecule has 1 heterocycles. The third-order valence-electron chi connectivity index (χ3n) is 2.42. The number of nitrogens with two attached hydrogens (primary N) is 1. The van der Waals surface area contributed by atoms with Crippen molar-refractivity contribution in [2.24, 2.45) is 0 Å². The van der Waals surface area contributed by atoms with Crippen LogP contribution in [-0.2, 0) is 16.0 Å². The first-order valence-electron chi connectivity index (χ1n) is 4.95. The molecular formula is C10H17N3O3. The Bertz CT molecular complexity index is 387. The first-order valence-corrected chi connectivity index (χ1v) is 4.95. The van der Waals surface area contributed by atoms with Crippen LogP contribution in [0.25, 0.3) is 0 Å². The van der Waals surface area contributed by atoms with Crippen molar-refractivity contribution in [2.75, 3.05) is 20.0 Å². The molecule has 0 saturated carbocycles. The topological polar surface area (TPSA) is 79.4 Å². The predicted molar refractivity (Wildman–Crippen MR) is 59.2 cm³/mol. The lowest BCUT2D eigenvalue weighted by molar-refractivity contribution is 0.0595. The van der Waals surface area contributed by atoms with Gasteiger partial charge in [0.05, 0.1) is 19.8 Å². The van der Waals surface area contributed by atoms with E-state index in [-0.39, 0.29) is 11.8 Å². The zero-order chi connectivity index (χ0) is 12.3. The normalized spacial score (nSPS) is 12.5. The number of esters is 1. The summed E-state index contributed by atoms with van der Waals surface area (Å²) in [5.41, 5.74) is 5.98. The highest BCUT2D eigenvalue weighted by Crippen LogP contribution is 2.16. The number of aryl methyl sites for hydroxylation is 1. The molecule has 6 nitrogen and oxygen atoms in total. The van der Waals surface area contributed by atoms with Crippen molar-refractivity contribution >= 4 is 11.8 Å². The second kappa shape index (κ2) is 4.98. The molecule has 0 fully saturated rings. The number of imidazole rings is 1. The lowest BCUT2D eigenvalue weighted by Gasteiger charge is -2.12. The Morgan fingerprint density at radius 1 is 1.56 bits per heavy atom. The van der Waals surface area contributed by atoms with Gasteiger partial charge in [-0.25, -0.2) is 9.78 Å². The van der Waals surface area contributed by atoms with Crippen molar-refractivity contribution in [3.8, 4) is 0 Å². The number of carbonyl (C=O) groups excluding carboxylic acids is 1. The molecule has 16 heavy (non-hydrogen) atoms. The fraction of sp³-hybridized carbons (Fsp3) is 0.600. The molecule has 0 radical (unpaired) electrons. The molecule has 0 saturated heterocycles. The number of nitrogen functional groups attached to an aromatic ring is 1. The molecule has 0 aliphatic rings. The van der Waals surface area contributed by atoms with E-state index in [0.29, 0.717) is 18.2 Å². The van der Waals surface area contributed by atoms with Crippen molar-refractivity contribution in [2.45, 2.75) is 26.5 Å². The van der Waals surface area contributed by atoms with E-state index >= 15 is 0 Å². The minimum absolute atomic E-state index is 0.000645. The number of anilines is 1. The standard InChI is InChI=1S/C10H17N3O3/c1-6(15-3)5-13-7(2)12-8(9(13)11)10(14)16-4/h6H,5,11H2,1-4H3. The maximum atomic E-state index is 11.3. The van der Waals surface area contributed by atoms with Gasteiger partial charge in [-0.3, -0.25) is 0 Å². The summed E-state index contributed by atoms with van der Waals surface area (Å²) in [5.74, 6) is 0.458. The Morgan fingerprint density at radius 2 is 2.19 bits per heavy atom. The molecule has 2 N–H and O–H groups in total. The van der Waals surface area contributed by atoms with Gasteiger partial charge in [-0.15, -0.1) is 0 Å². The zero-order valence-electron chi connectivity index (χ0n) is 9.98. The molecule has 0 aromatic carbocycles. The summed E-state index contributed by atoms with van der Waals surface area (Å²) in [5, 5.41) is 0. The summed E-state index contributed by atoms with van der Waals surface area (Å²) >= 11 is 0. The number of rotatable bonds is 4. The molecule has 0 bridgehead atoms. The van der Waals surface area contributed by atoms with Crippen LogP contribution >= 0.6 is 0 Å². The Balaban J connectivity index is 3.02. The van der Waals surface area contributed by atoms with E-state index in [1.807, 2.05) is 6.92 Å². The zero-order valence-corrected chi connectivity index (χ0v) is 9.98. The number of hydrogen-bond acceptors (Lipinski definition) is 5. The van der Waals surface area contributed by atoms with Crippen molar-refractivity contribution in [3.63, 3.8) is 0 Å². The molecule has 0 aliphatic carbocycles. The van der Waals surface area contributed by atoms with E-state index in [4.69, 9.17) is 10.5 Å². The summed E-state index contributed by atoms with van der Waals surface area (Å²) in [7, 11) is 2.92. The van der Waals surface area contributed by atoms with Gasteiger partial charge in [-0.05, 0) is 13.8 Å². The number of carbonyl (C=O) groups is 1. The van der Waals surface area contributed by atoms with E-state index in [1.54, 1.807) is 18.6 Å². The number of aromatic nitrogens is 2. The Morgan fingerprint density at radius 3 is 2.69 bits per heavy atom. The monoisotopic (exact) mass is 227 g/mol. The average Bonchev–Trinajstić information content (AvgIpc) is 2.55. The summed E-state index contributed by atoms with van der Waals surface area (Å²) in [6.07, 6.45) is 0.000645. The first kappa shape index (κ1) is 12.5. The molecule has 1 unspecified atom stereocenters. The molecule has 1 aromatic rings. The van der Waals surface area contributed by atoms with E-state index in [2.05, 4.69) is 9.72 Å². The van der Waals surface area contributed by atoms with Crippen LogP contribution in [0.2, 0.25) is 0 Å². The highest BCUT2D eigenvalue weighted by atomic mass is 16.5. The second-order valence-electron chi connectivity index (χ2n) is 3.54. The number of nitrogens with zero attached hydrogens (tertiary/aromatic N) is 2. The van der Waals surface area contributed by atoms with E-state index < -0.39 is 5.97 Å². The smallest absolute Gasteiger partial charge is 0.360 e. The molecule has 0 aliphatic heterocycles. The minimum Gasteiger partial charge on any atom is -0.464 e. The van der Waals surface area contributed by atoms with Crippen LogP contribution in [0.4, 0.5) is 5.82 Å². The lowest BCUT2D eigenvalue weighted by atomic mass is 10.4. The van der Waals surface area contributed by atoms with Gasteiger partial charge >= 0.3 is 5.97 Å². The van der Waals surface area contributed by atoms with Crippen LogP contribution in [0.15, 0.2) is 0 Å². The maximum absolute atomic E-state index is 11.3. The van der Waals surface area contributed by atoms with Crippen LogP contribution in [0.3, 0.4) is 0 Å². The largest absolute Gasteiger partial charge is 0.464 e. The number of ether oxygens (including phenoxy) is 2. The van der Waals surface area contributed by atoms with E-state index in [9.17, 15) is 4.79 Å². The van der Waals surface area contributed by atoms with E-state index in [0.717, 1.165) is 0 Å². The molecule has 6 heteroatoms. The van der Waals surface area contributed by atoms with Gasteiger partial charge in [0.1, 0.15) is 11.6 Å². The third-order valence-corrected chi connectivity index (χ3v) is 2.42. The maximum Gasteiger partial charge on any atom is 0.360 e. The van der Waals surface area contributed by atoms with Crippen molar-refractivity contribution in [3.05, 3.63) is 11.5 Å². The molecule has 1 aromatic heterocycles. The highest BCUT2D eigenvalue weighted by Gasteiger charge is 2.19. The van der Waals surface area contributed by atoms with Gasteiger partial charge in [0.25, 0.3) is 0 Å². The third kappa shape index (κ3) is 2.33. The highest BCUT2D eigenvalue weighted by molar-refractivity contribution is 5.92. The van der Waals surface area contributed by atoms with Gasteiger partial charge in [0.2, 0.25) is 0 Å². The second-order valence-corrected chi connectivity index (χ2v) is 3.54. The van der Waals surface area contributed by atoms with Crippen molar-refractivity contribution < 1.29 is 14.3 Å². The van der Waals surface area contributed by atoms with Crippen LogP contribution in [-0.4, -0.2) is 35.8 Å². The van der Waals surface area contributed by atoms with Gasteiger partial charge in [0.15, 0.2) is 5.69 Å². The van der Waals surface area contributed by atoms with E-state index in [1.165, 1.54) is 7.11 Å². The van der Waals surface area contributed by atoms with Gasteiger partial charge in [-0.1, -0.05) is 0 Å². The quantitative estimate of drug-likeness (QED) is 0.762. The van der Waals surface area contributed by atoms with Gasteiger partial charge in [-0.2, -0.15) is 0 Å². The average molecular weight is 227 g/mol. The summed E-state index contributed by atoms with van der Waals surface area (Å²) in [6.45, 7) is 4.25. The molecule has 0 spiro atoms.